The third kappa shape index (κ3) is 5.75. The van der Waals surface area contributed by atoms with Crippen LogP contribution in [0, 0.1) is 10.1 Å². The van der Waals surface area contributed by atoms with Crippen molar-refractivity contribution in [1.29, 1.82) is 0 Å². The number of nitro benzene ring substituents is 1. The summed E-state index contributed by atoms with van der Waals surface area (Å²) >= 11 is 0.812. The summed E-state index contributed by atoms with van der Waals surface area (Å²) in [7, 11) is 1.17. The lowest BCUT2D eigenvalue weighted by atomic mass is 10.1. The highest BCUT2D eigenvalue weighted by Crippen LogP contribution is 2.35. The maximum atomic E-state index is 13.2. The zero-order chi connectivity index (χ0) is 26.5. The molecule has 2 aromatic rings. The van der Waals surface area contributed by atoms with E-state index in [2.05, 4.69) is 9.73 Å². The van der Waals surface area contributed by atoms with Crippen LogP contribution in [0.15, 0.2) is 64.5 Å². The number of anilines is 1. The number of esters is 1. The van der Waals surface area contributed by atoms with Crippen molar-refractivity contribution in [3.63, 3.8) is 0 Å². The topological polar surface area (TPSA) is 139 Å². The molecule has 4 rings (SSSR count). The smallest absolute Gasteiger partial charge is 0.331 e. The molecule has 0 bridgehead atoms. The molecule has 190 valence electrons. The predicted molar refractivity (Wildman–Crippen MR) is 136 cm³/mol. The van der Waals surface area contributed by atoms with E-state index in [0.717, 1.165) is 42.0 Å². The van der Waals surface area contributed by atoms with Crippen molar-refractivity contribution in [1.82, 2.24) is 4.90 Å². The third-order valence-electron chi connectivity index (χ3n) is 5.79. The molecule has 0 radical (unpaired) electrons. The monoisotopic (exact) mass is 522 g/mol. The van der Waals surface area contributed by atoms with E-state index in [1.54, 1.807) is 29.2 Å². The number of methoxy groups -OCH3 is 1. The first-order valence-electron chi connectivity index (χ1n) is 11.4. The molecular formula is C25H22N4O7S. The van der Waals surface area contributed by atoms with Gasteiger partial charge in [-0.1, -0.05) is 0 Å². The highest BCUT2D eigenvalue weighted by atomic mass is 32.2. The molecule has 2 aromatic carbocycles. The molecule has 0 aliphatic carbocycles. The number of nitro groups is 1. The lowest BCUT2D eigenvalue weighted by molar-refractivity contribution is -0.384. The number of ether oxygens (including phenoxy) is 1. The molecule has 11 nitrogen and oxygen atoms in total. The van der Waals surface area contributed by atoms with Crippen LogP contribution in [0.1, 0.15) is 40.0 Å². The van der Waals surface area contributed by atoms with Crippen LogP contribution in [0.3, 0.4) is 0 Å². The highest BCUT2D eigenvalue weighted by Gasteiger charge is 2.36. The largest absolute Gasteiger partial charge is 0.466 e. The number of carbonyl (C=O) groups excluding carboxylic acids is 4. The molecule has 2 saturated heterocycles. The maximum Gasteiger partial charge on any atom is 0.331 e. The Morgan fingerprint density at radius 2 is 1.62 bits per heavy atom. The number of carbonyl (C=O) groups is 4. The number of piperidine rings is 1. The van der Waals surface area contributed by atoms with E-state index in [-0.39, 0.29) is 27.2 Å². The minimum atomic E-state index is -0.749. The van der Waals surface area contributed by atoms with Gasteiger partial charge in [-0.3, -0.25) is 29.4 Å². The molecule has 0 N–H and O–H groups in total. The first-order chi connectivity index (χ1) is 17.8. The van der Waals surface area contributed by atoms with Gasteiger partial charge in [0, 0.05) is 42.4 Å². The second kappa shape index (κ2) is 11.2. The first-order valence-corrected chi connectivity index (χ1v) is 12.2. The predicted octanol–water partition coefficient (Wildman–Crippen LogP) is 3.55. The molecule has 0 aromatic heterocycles. The van der Waals surface area contributed by atoms with Gasteiger partial charge in [0.2, 0.25) is 0 Å². The lowest BCUT2D eigenvalue weighted by Gasteiger charge is -2.27. The van der Waals surface area contributed by atoms with Crippen molar-refractivity contribution < 1.29 is 28.8 Å². The summed E-state index contributed by atoms with van der Waals surface area (Å²) in [5.41, 5.74) is 0.713. The Bertz CT molecular complexity index is 1310. The van der Waals surface area contributed by atoms with Crippen molar-refractivity contribution >= 4 is 52.0 Å². The van der Waals surface area contributed by atoms with Crippen LogP contribution in [-0.2, 0) is 14.3 Å². The summed E-state index contributed by atoms with van der Waals surface area (Å²) in [6, 6.07) is 11.2. The minimum absolute atomic E-state index is 0.00410. The maximum absolute atomic E-state index is 13.2. The third-order valence-corrected chi connectivity index (χ3v) is 6.76. The van der Waals surface area contributed by atoms with Gasteiger partial charge in [-0.15, -0.1) is 0 Å². The molecule has 0 atom stereocenters. The van der Waals surface area contributed by atoms with E-state index in [9.17, 15) is 29.3 Å². The number of hydrogen-bond donors (Lipinski definition) is 0. The number of aliphatic imine (C=N–C) groups is 1. The van der Waals surface area contributed by atoms with Gasteiger partial charge in [0.05, 0.1) is 22.6 Å². The molecule has 2 aliphatic heterocycles. The Hall–Kier alpha value is -4.32. The van der Waals surface area contributed by atoms with Gasteiger partial charge in [-0.25, -0.2) is 4.79 Å². The van der Waals surface area contributed by atoms with Crippen molar-refractivity contribution in [2.45, 2.75) is 19.3 Å². The molecule has 2 fully saturated rings. The van der Waals surface area contributed by atoms with Crippen LogP contribution >= 0.6 is 11.8 Å². The molecule has 12 heteroatoms. The van der Waals surface area contributed by atoms with Gasteiger partial charge >= 0.3 is 5.97 Å². The number of nitrogens with zero attached hydrogens (tertiary/aromatic N) is 4. The van der Waals surface area contributed by atoms with Crippen molar-refractivity contribution in [2.24, 2.45) is 4.99 Å². The van der Waals surface area contributed by atoms with Crippen LogP contribution in [0.2, 0.25) is 0 Å². The van der Waals surface area contributed by atoms with Crippen LogP contribution in [0.5, 0.6) is 0 Å². The molecule has 2 aliphatic rings. The van der Waals surface area contributed by atoms with Crippen molar-refractivity contribution in [3.05, 3.63) is 80.8 Å². The Labute approximate surface area is 215 Å². The van der Waals surface area contributed by atoms with Crippen LogP contribution < -0.4 is 4.90 Å². The average Bonchev–Trinajstić information content (AvgIpc) is 3.22. The van der Waals surface area contributed by atoms with Gasteiger partial charge < -0.3 is 9.64 Å². The Morgan fingerprint density at radius 1 is 1.00 bits per heavy atom. The molecule has 0 spiro atoms. The number of amidine groups is 1. The molecule has 2 heterocycles. The number of amides is 3. The number of thioether (sulfide) groups is 1. The average molecular weight is 523 g/mol. The minimum Gasteiger partial charge on any atom is -0.466 e. The lowest BCUT2D eigenvalue weighted by Crippen LogP contribution is -2.35. The molecular weight excluding hydrogens is 500 g/mol. The van der Waals surface area contributed by atoms with E-state index in [4.69, 9.17) is 0 Å². The Kier molecular flexibility index (Phi) is 7.77. The number of benzene rings is 2. The van der Waals surface area contributed by atoms with Crippen LogP contribution in [0.4, 0.5) is 11.4 Å². The van der Waals surface area contributed by atoms with Crippen LogP contribution in [-0.4, -0.2) is 58.9 Å². The summed E-state index contributed by atoms with van der Waals surface area (Å²) < 4.78 is 4.61. The van der Waals surface area contributed by atoms with Gasteiger partial charge in [0.1, 0.15) is 0 Å². The van der Waals surface area contributed by atoms with Gasteiger partial charge in [0.25, 0.3) is 23.4 Å². The fourth-order valence-corrected chi connectivity index (χ4v) is 4.79. The van der Waals surface area contributed by atoms with E-state index in [0.29, 0.717) is 24.3 Å². The van der Waals surface area contributed by atoms with E-state index in [1.165, 1.54) is 31.4 Å². The standard InChI is InChI=1S/C25H22N4O7S/c1-36-21(30)15-20-24(33)28(18-9-7-17(8-10-18)23(32)27-13-3-2-4-14-27)25(37-20)26-22(31)16-5-11-19(12-6-16)29(34)35/h5-12,15H,2-4,13-14H2,1H3. The van der Waals surface area contributed by atoms with Gasteiger partial charge in [-0.2, -0.15) is 4.99 Å². The number of likely N-dealkylation sites (tertiary alicyclic amines) is 1. The van der Waals surface area contributed by atoms with E-state index < -0.39 is 22.7 Å². The normalized spacial score (nSPS) is 17.8. The number of non-ortho nitro benzene ring substituents is 1. The Balaban J connectivity index is 1.64. The van der Waals surface area contributed by atoms with Crippen molar-refractivity contribution in [2.75, 3.05) is 25.1 Å². The number of hydrogen-bond acceptors (Lipinski definition) is 8. The molecule has 0 unspecified atom stereocenters. The second-order valence-corrected chi connectivity index (χ2v) is 9.19. The number of rotatable bonds is 5. The highest BCUT2D eigenvalue weighted by molar-refractivity contribution is 8.19. The summed E-state index contributed by atoms with van der Waals surface area (Å²) in [4.78, 5) is 67.8. The zero-order valence-electron chi connectivity index (χ0n) is 19.8. The molecule has 3 amide bonds. The quantitative estimate of drug-likeness (QED) is 0.251. The van der Waals surface area contributed by atoms with Gasteiger partial charge in [-0.05, 0) is 67.4 Å². The fraction of sp³-hybridized carbons (Fsp3) is 0.240. The molecule has 0 saturated carbocycles. The summed E-state index contributed by atoms with van der Waals surface area (Å²) in [6.45, 7) is 1.40. The van der Waals surface area contributed by atoms with E-state index >= 15 is 0 Å². The van der Waals surface area contributed by atoms with Crippen LogP contribution in [0.25, 0.3) is 0 Å². The zero-order valence-corrected chi connectivity index (χ0v) is 20.6. The second-order valence-electron chi connectivity index (χ2n) is 8.18. The fourth-order valence-electron chi connectivity index (χ4n) is 3.85. The van der Waals surface area contributed by atoms with Crippen molar-refractivity contribution in [3.8, 4) is 0 Å². The van der Waals surface area contributed by atoms with E-state index in [1.807, 2.05) is 0 Å². The summed E-state index contributed by atoms with van der Waals surface area (Å²) in [5, 5.41) is 10.9. The Morgan fingerprint density at radius 3 is 2.22 bits per heavy atom. The SMILES string of the molecule is COC(=O)C=C1SC(=NC(=O)c2ccc([N+](=O)[O-])cc2)N(c2ccc(C(=O)N3CCCCC3)cc2)C1=O. The first kappa shape index (κ1) is 25.8. The summed E-state index contributed by atoms with van der Waals surface area (Å²) in [6.07, 6.45) is 4.02. The summed E-state index contributed by atoms with van der Waals surface area (Å²) in [5.74, 6) is -2.17. The molecule has 37 heavy (non-hydrogen) atoms. The van der Waals surface area contributed by atoms with Gasteiger partial charge in [0.15, 0.2) is 5.17 Å².